The van der Waals surface area contributed by atoms with Crippen LogP contribution >= 0.6 is 11.9 Å². The molecule has 0 unspecified atom stereocenters. The van der Waals surface area contributed by atoms with Crippen molar-refractivity contribution in [1.29, 1.82) is 0 Å². The molecule has 0 aliphatic carbocycles. The van der Waals surface area contributed by atoms with Crippen molar-refractivity contribution in [2.75, 3.05) is 5.75 Å². The van der Waals surface area contributed by atoms with Crippen LogP contribution in [0, 0.1) is 0 Å². The third-order valence-electron chi connectivity index (χ3n) is 1.36. The topological polar surface area (TPSA) is 64.9 Å². The third kappa shape index (κ3) is 2.56. The summed E-state index contributed by atoms with van der Waals surface area (Å²) in [7, 11) is 0. The molecular weight excluding hydrogens is 170 g/mol. The lowest BCUT2D eigenvalue weighted by Crippen LogP contribution is -1.99. The first-order valence-corrected chi connectivity index (χ1v) is 4.58. The van der Waals surface area contributed by atoms with E-state index in [4.69, 9.17) is 10.9 Å². The molecule has 0 amide bonds. The molecule has 4 heteroatoms. The lowest BCUT2D eigenvalue weighted by Gasteiger charge is -1.98. The SMILES string of the molecule is NSC/C=C(\N)c1ccccn1. The summed E-state index contributed by atoms with van der Waals surface area (Å²) in [6.07, 6.45) is 3.57. The zero-order valence-electron chi connectivity index (χ0n) is 6.60. The Balaban J connectivity index is 2.71. The summed E-state index contributed by atoms with van der Waals surface area (Å²) in [6.45, 7) is 0. The van der Waals surface area contributed by atoms with Gasteiger partial charge in [0.15, 0.2) is 0 Å². The van der Waals surface area contributed by atoms with Gasteiger partial charge >= 0.3 is 0 Å². The summed E-state index contributed by atoms with van der Waals surface area (Å²) >= 11 is 1.24. The molecule has 0 aliphatic rings. The van der Waals surface area contributed by atoms with E-state index < -0.39 is 0 Å². The van der Waals surface area contributed by atoms with E-state index in [-0.39, 0.29) is 0 Å². The van der Waals surface area contributed by atoms with Crippen molar-refractivity contribution in [3.63, 3.8) is 0 Å². The van der Waals surface area contributed by atoms with E-state index in [0.717, 1.165) is 5.69 Å². The molecule has 12 heavy (non-hydrogen) atoms. The Morgan fingerprint density at radius 2 is 2.42 bits per heavy atom. The van der Waals surface area contributed by atoms with Crippen molar-refractivity contribution in [2.24, 2.45) is 10.9 Å². The highest BCUT2D eigenvalue weighted by molar-refractivity contribution is 7.97. The van der Waals surface area contributed by atoms with E-state index in [1.807, 2.05) is 24.3 Å². The van der Waals surface area contributed by atoms with Crippen LogP contribution < -0.4 is 10.9 Å². The molecule has 1 rings (SSSR count). The maximum absolute atomic E-state index is 5.71. The van der Waals surface area contributed by atoms with E-state index in [0.29, 0.717) is 11.4 Å². The molecule has 0 saturated heterocycles. The fourth-order valence-electron chi connectivity index (χ4n) is 0.776. The minimum absolute atomic E-state index is 0.675. The van der Waals surface area contributed by atoms with Crippen LogP contribution in [0.4, 0.5) is 0 Å². The number of nitrogens with two attached hydrogens (primary N) is 2. The molecule has 0 radical (unpaired) electrons. The monoisotopic (exact) mass is 181 g/mol. The second-order valence-corrected chi connectivity index (χ2v) is 2.87. The molecule has 0 spiro atoms. The molecule has 1 aromatic heterocycles. The fourth-order valence-corrected chi connectivity index (χ4v) is 1.05. The van der Waals surface area contributed by atoms with E-state index in [1.54, 1.807) is 6.20 Å². The van der Waals surface area contributed by atoms with Gasteiger partial charge in [0, 0.05) is 11.9 Å². The van der Waals surface area contributed by atoms with Crippen molar-refractivity contribution in [3.05, 3.63) is 36.2 Å². The van der Waals surface area contributed by atoms with E-state index in [2.05, 4.69) is 4.98 Å². The Morgan fingerprint density at radius 1 is 1.58 bits per heavy atom. The lowest BCUT2D eigenvalue weighted by molar-refractivity contribution is 1.25. The lowest BCUT2D eigenvalue weighted by atomic mass is 10.3. The first-order chi connectivity index (χ1) is 5.84. The van der Waals surface area contributed by atoms with Gasteiger partial charge in [-0.15, -0.1) is 0 Å². The zero-order chi connectivity index (χ0) is 8.81. The van der Waals surface area contributed by atoms with Gasteiger partial charge in [0.1, 0.15) is 0 Å². The number of rotatable bonds is 3. The second kappa shape index (κ2) is 4.79. The van der Waals surface area contributed by atoms with Crippen LogP contribution in [0.5, 0.6) is 0 Å². The Bertz CT molecular complexity index is 258. The molecule has 0 fully saturated rings. The van der Waals surface area contributed by atoms with Crippen molar-refractivity contribution < 1.29 is 0 Å². The Hall–Kier alpha value is -1.00. The van der Waals surface area contributed by atoms with Gasteiger partial charge in [0.05, 0.1) is 11.4 Å². The summed E-state index contributed by atoms with van der Waals surface area (Å²) in [4.78, 5) is 4.09. The molecular formula is C8H11N3S. The molecule has 0 saturated carbocycles. The minimum Gasteiger partial charge on any atom is -0.397 e. The summed E-state index contributed by atoms with van der Waals surface area (Å²) in [6, 6.07) is 5.63. The van der Waals surface area contributed by atoms with Gasteiger partial charge in [-0.05, 0) is 18.2 Å². The van der Waals surface area contributed by atoms with Crippen LogP contribution in [0.25, 0.3) is 5.70 Å². The van der Waals surface area contributed by atoms with Crippen LogP contribution in [0.3, 0.4) is 0 Å². The Kier molecular flexibility index (Phi) is 3.63. The van der Waals surface area contributed by atoms with Gasteiger partial charge < -0.3 is 5.73 Å². The Morgan fingerprint density at radius 3 is 3.00 bits per heavy atom. The first kappa shape index (κ1) is 9.09. The normalized spacial score (nSPS) is 11.6. The molecule has 0 bridgehead atoms. The van der Waals surface area contributed by atoms with Gasteiger partial charge in [0.25, 0.3) is 0 Å². The molecule has 4 N–H and O–H groups in total. The predicted octanol–water partition coefficient (Wildman–Crippen LogP) is 0.988. The second-order valence-electron chi connectivity index (χ2n) is 2.21. The van der Waals surface area contributed by atoms with Gasteiger partial charge in [-0.1, -0.05) is 18.0 Å². The number of aromatic nitrogens is 1. The summed E-state index contributed by atoms with van der Waals surface area (Å²) < 4.78 is 0. The fraction of sp³-hybridized carbons (Fsp3) is 0.125. The highest BCUT2D eigenvalue weighted by atomic mass is 32.2. The zero-order valence-corrected chi connectivity index (χ0v) is 7.42. The highest BCUT2D eigenvalue weighted by Gasteiger charge is 1.94. The van der Waals surface area contributed by atoms with Gasteiger partial charge in [0.2, 0.25) is 0 Å². The van der Waals surface area contributed by atoms with Crippen LogP contribution in [0.15, 0.2) is 30.5 Å². The van der Waals surface area contributed by atoms with Crippen LogP contribution in [-0.4, -0.2) is 10.7 Å². The average molecular weight is 181 g/mol. The molecule has 1 aromatic rings. The van der Waals surface area contributed by atoms with Crippen molar-refractivity contribution >= 4 is 17.6 Å². The van der Waals surface area contributed by atoms with Crippen molar-refractivity contribution in [2.45, 2.75) is 0 Å². The van der Waals surface area contributed by atoms with Crippen LogP contribution in [0.1, 0.15) is 5.69 Å². The molecule has 0 atom stereocenters. The largest absolute Gasteiger partial charge is 0.397 e. The maximum atomic E-state index is 5.71. The molecule has 0 aliphatic heterocycles. The van der Waals surface area contributed by atoms with E-state index in [1.165, 1.54) is 11.9 Å². The number of nitrogens with zero attached hydrogens (tertiary/aromatic N) is 1. The minimum atomic E-state index is 0.675. The van der Waals surface area contributed by atoms with Gasteiger partial charge in [-0.25, -0.2) is 0 Å². The van der Waals surface area contributed by atoms with Crippen LogP contribution in [0.2, 0.25) is 0 Å². The van der Waals surface area contributed by atoms with E-state index >= 15 is 0 Å². The predicted molar refractivity (Wildman–Crippen MR) is 53.0 cm³/mol. The maximum Gasteiger partial charge on any atom is 0.0855 e. The Labute approximate surface area is 76.0 Å². The van der Waals surface area contributed by atoms with Gasteiger partial charge in [-0.2, -0.15) is 0 Å². The number of hydrogen-bond acceptors (Lipinski definition) is 4. The van der Waals surface area contributed by atoms with Crippen molar-refractivity contribution in [3.8, 4) is 0 Å². The molecule has 1 heterocycles. The van der Waals surface area contributed by atoms with Crippen molar-refractivity contribution in [1.82, 2.24) is 4.98 Å². The quantitative estimate of drug-likeness (QED) is 0.682. The van der Waals surface area contributed by atoms with Gasteiger partial charge in [-0.3, -0.25) is 10.1 Å². The molecule has 64 valence electrons. The highest BCUT2D eigenvalue weighted by Crippen LogP contribution is 2.04. The average Bonchev–Trinajstić information content (AvgIpc) is 2.15. The molecule has 3 nitrogen and oxygen atoms in total. The summed E-state index contributed by atoms with van der Waals surface area (Å²) in [5.41, 5.74) is 7.18. The summed E-state index contributed by atoms with van der Waals surface area (Å²) in [5.74, 6) is 0.711. The number of pyridine rings is 1. The standard InChI is InChI=1S/C8H11N3S/c9-7(4-6-12-10)8-3-1-2-5-11-8/h1-5H,6,9-10H2/b7-4-. The van der Waals surface area contributed by atoms with Crippen LogP contribution in [-0.2, 0) is 0 Å². The third-order valence-corrected chi connectivity index (χ3v) is 1.72. The smallest absolute Gasteiger partial charge is 0.0855 e. The summed E-state index contributed by atoms with van der Waals surface area (Å²) in [5, 5.41) is 5.25. The number of hydrogen-bond donors (Lipinski definition) is 2. The van der Waals surface area contributed by atoms with E-state index in [9.17, 15) is 0 Å². The first-order valence-electron chi connectivity index (χ1n) is 3.53. The molecule has 0 aromatic carbocycles.